The molecular weight excluding hydrogens is 178 g/mol. The van der Waals surface area contributed by atoms with Crippen molar-refractivity contribution in [1.82, 2.24) is 4.90 Å². The van der Waals surface area contributed by atoms with Crippen molar-refractivity contribution in [2.24, 2.45) is 0 Å². The van der Waals surface area contributed by atoms with Gasteiger partial charge in [-0.05, 0) is 20.3 Å². The van der Waals surface area contributed by atoms with Crippen LogP contribution in [0, 0.1) is 0 Å². The quantitative estimate of drug-likeness (QED) is 0.467. The van der Waals surface area contributed by atoms with Crippen molar-refractivity contribution in [2.75, 3.05) is 19.8 Å². The molecule has 0 atom stereocenters. The van der Waals surface area contributed by atoms with Gasteiger partial charge < -0.3 is 9.64 Å². The average molecular weight is 195 g/mol. The van der Waals surface area contributed by atoms with Crippen LogP contribution in [-0.4, -0.2) is 36.1 Å². The largest absolute Gasteiger partial charge is 0.379 e. The second kappa shape index (κ2) is 4.45. The summed E-state index contributed by atoms with van der Waals surface area (Å²) in [4.78, 5) is 13.5. The number of ether oxygens (including phenoxy) is 1. The summed E-state index contributed by atoms with van der Waals surface area (Å²) in [6.07, 6.45) is 2.27. The first-order valence-corrected chi connectivity index (χ1v) is 4.83. The van der Waals surface area contributed by atoms with E-state index in [4.69, 9.17) is 4.74 Å². The fraction of sp³-hybridized carbons (Fsp3) is 0.636. The normalized spacial score (nSPS) is 20.9. The summed E-state index contributed by atoms with van der Waals surface area (Å²) in [7, 11) is 0. The van der Waals surface area contributed by atoms with Gasteiger partial charge in [-0.3, -0.25) is 4.79 Å². The Morgan fingerprint density at radius 2 is 2.36 bits per heavy atom. The Kier molecular flexibility index (Phi) is 3.50. The van der Waals surface area contributed by atoms with E-state index < -0.39 is 0 Å². The van der Waals surface area contributed by atoms with Gasteiger partial charge in [0, 0.05) is 19.2 Å². The van der Waals surface area contributed by atoms with Crippen LogP contribution in [0.25, 0.3) is 0 Å². The van der Waals surface area contributed by atoms with Crippen molar-refractivity contribution < 1.29 is 9.53 Å². The molecule has 0 aromatic rings. The lowest BCUT2D eigenvalue weighted by Crippen LogP contribution is -2.49. The SMILES string of the molecule is C=C=CC(=O)N1CCCOCC1(C)C. The molecule has 0 aromatic carbocycles. The zero-order chi connectivity index (χ0) is 10.6. The molecule has 0 bridgehead atoms. The van der Waals surface area contributed by atoms with Crippen LogP contribution >= 0.6 is 0 Å². The maximum absolute atomic E-state index is 11.7. The summed E-state index contributed by atoms with van der Waals surface area (Å²) in [6.45, 7) is 9.48. The number of hydrogen-bond acceptors (Lipinski definition) is 2. The molecule has 3 nitrogen and oxygen atoms in total. The van der Waals surface area contributed by atoms with Gasteiger partial charge in [-0.15, -0.1) is 5.73 Å². The first-order chi connectivity index (χ1) is 6.58. The van der Waals surface area contributed by atoms with Crippen molar-refractivity contribution in [3.05, 3.63) is 18.4 Å². The van der Waals surface area contributed by atoms with Gasteiger partial charge in [0.25, 0.3) is 5.91 Å². The maximum atomic E-state index is 11.7. The Bertz CT molecular complexity index is 264. The monoisotopic (exact) mass is 195 g/mol. The highest BCUT2D eigenvalue weighted by Crippen LogP contribution is 2.19. The van der Waals surface area contributed by atoms with Crippen LogP contribution in [0.1, 0.15) is 20.3 Å². The van der Waals surface area contributed by atoms with Crippen molar-refractivity contribution >= 4 is 5.91 Å². The third-order valence-electron chi connectivity index (χ3n) is 2.35. The van der Waals surface area contributed by atoms with E-state index in [1.54, 1.807) is 0 Å². The van der Waals surface area contributed by atoms with Crippen LogP contribution in [0.5, 0.6) is 0 Å². The van der Waals surface area contributed by atoms with Gasteiger partial charge in [0.2, 0.25) is 0 Å². The smallest absolute Gasteiger partial charge is 0.254 e. The lowest BCUT2D eigenvalue weighted by molar-refractivity contribution is -0.131. The zero-order valence-electron chi connectivity index (χ0n) is 8.88. The number of hydrogen-bond donors (Lipinski definition) is 0. The van der Waals surface area contributed by atoms with Crippen LogP contribution < -0.4 is 0 Å². The molecule has 1 heterocycles. The third-order valence-corrected chi connectivity index (χ3v) is 2.35. The third kappa shape index (κ3) is 2.47. The number of nitrogens with zero attached hydrogens (tertiary/aromatic N) is 1. The molecule has 0 N–H and O–H groups in total. The number of carbonyl (C=O) groups is 1. The predicted molar refractivity (Wildman–Crippen MR) is 54.9 cm³/mol. The summed E-state index contributed by atoms with van der Waals surface area (Å²) in [5, 5.41) is 0. The molecule has 14 heavy (non-hydrogen) atoms. The molecule has 0 aliphatic carbocycles. The maximum Gasteiger partial charge on any atom is 0.254 e. The van der Waals surface area contributed by atoms with Gasteiger partial charge in [0.05, 0.1) is 12.1 Å². The van der Waals surface area contributed by atoms with Crippen molar-refractivity contribution in [2.45, 2.75) is 25.8 Å². The van der Waals surface area contributed by atoms with E-state index in [0.717, 1.165) is 19.6 Å². The summed E-state index contributed by atoms with van der Waals surface area (Å²) >= 11 is 0. The first kappa shape index (κ1) is 11.0. The number of carbonyl (C=O) groups excluding carboxylic acids is 1. The molecule has 0 saturated carbocycles. The summed E-state index contributed by atoms with van der Waals surface area (Å²) in [5.74, 6) is -0.0319. The topological polar surface area (TPSA) is 29.5 Å². The fourth-order valence-corrected chi connectivity index (χ4v) is 1.60. The van der Waals surface area contributed by atoms with Gasteiger partial charge in [0.1, 0.15) is 0 Å². The van der Waals surface area contributed by atoms with Crippen molar-refractivity contribution in [1.29, 1.82) is 0 Å². The molecule has 0 aromatic heterocycles. The predicted octanol–water partition coefficient (Wildman–Crippen LogP) is 1.35. The molecule has 1 aliphatic rings. The van der Waals surface area contributed by atoms with E-state index >= 15 is 0 Å². The first-order valence-electron chi connectivity index (χ1n) is 4.83. The average Bonchev–Trinajstić information content (AvgIpc) is 2.26. The minimum atomic E-state index is -0.235. The van der Waals surface area contributed by atoms with Crippen molar-refractivity contribution in [3.63, 3.8) is 0 Å². The Hall–Kier alpha value is -1.05. The number of amides is 1. The van der Waals surface area contributed by atoms with Gasteiger partial charge >= 0.3 is 0 Å². The Balaban J connectivity index is 2.81. The van der Waals surface area contributed by atoms with Crippen LogP contribution in [0.15, 0.2) is 18.4 Å². The van der Waals surface area contributed by atoms with Gasteiger partial charge in [-0.2, -0.15) is 0 Å². The van der Waals surface area contributed by atoms with E-state index in [1.807, 2.05) is 18.7 Å². The highest BCUT2D eigenvalue weighted by atomic mass is 16.5. The molecule has 0 radical (unpaired) electrons. The van der Waals surface area contributed by atoms with Crippen LogP contribution in [0.3, 0.4) is 0 Å². The van der Waals surface area contributed by atoms with Gasteiger partial charge in [0.15, 0.2) is 0 Å². The van der Waals surface area contributed by atoms with Crippen LogP contribution in [0.4, 0.5) is 0 Å². The van der Waals surface area contributed by atoms with E-state index in [1.165, 1.54) is 6.08 Å². The van der Waals surface area contributed by atoms with Crippen LogP contribution in [-0.2, 0) is 9.53 Å². The molecule has 1 saturated heterocycles. The molecule has 1 fully saturated rings. The minimum absolute atomic E-state index is 0.0319. The summed E-state index contributed by atoms with van der Waals surface area (Å²) < 4.78 is 5.42. The Labute approximate surface area is 85.0 Å². The number of rotatable bonds is 1. The highest BCUT2D eigenvalue weighted by Gasteiger charge is 2.31. The molecule has 1 aliphatic heterocycles. The molecule has 0 unspecified atom stereocenters. The second-order valence-corrected chi connectivity index (χ2v) is 4.06. The molecule has 78 valence electrons. The lowest BCUT2D eigenvalue weighted by Gasteiger charge is -2.35. The zero-order valence-corrected chi connectivity index (χ0v) is 8.88. The summed E-state index contributed by atoms with van der Waals surface area (Å²) in [5.41, 5.74) is 2.28. The Morgan fingerprint density at radius 3 is 3.00 bits per heavy atom. The van der Waals surface area contributed by atoms with Gasteiger partial charge in [-0.1, -0.05) is 6.58 Å². The van der Waals surface area contributed by atoms with Crippen molar-refractivity contribution in [3.8, 4) is 0 Å². The van der Waals surface area contributed by atoms with E-state index in [9.17, 15) is 4.79 Å². The molecule has 1 rings (SSSR count). The Morgan fingerprint density at radius 1 is 1.64 bits per heavy atom. The van der Waals surface area contributed by atoms with E-state index in [0.29, 0.717) is 6.61 Å². The molecule has 3 heteroatoms. The van der Waals surface area contributed by atoms with E-state index in [2.05, 4.69) is 12.3 Å². The minimum Gasteiger partial charge on any atom is -0.379 e. The lowest BCUT2D eigenvalue weighted by atomic mass is 10.0. The molecular formula is C11H17NO2. The second-order valence-electron chi connectivity index (χ2n) is 4.06. The highest BCUT2D eigenvalue weighted by molar-refractivity contribution is 5.88. The standard InChI is InChI=1S/C11H17NO2/c1-4-6-10(13)12-7-5-8-14-9-11(12,2)3/h6H,1,5,7-9H2,2-3H3. The molecule has 1 amide bonds. The van der Waals surface area contributed by atoms with E-state index in [-0.39, 0.29) is 11.4 Å². The summed E-state index contributed by atoms with van der Waals surface area (Å²) in [6, 6.07) is 0. The van der Waals surface area contributed by atoms with Gasteiger partial charge in [-0.25, -0.2) is 0 Å². The molecule has 0 spiro atoms. The van der Waals surface area contributed by atoms with Crippen LogP contribution in [0.2, 0.25) is 0 Å². The fourth-order valence-electron chi connectivity index (χ4n) is 1.60.